The lowest BCUT2D eigenvalue weighted by Crippen LogP contribution is -2.39. The lowest BCUT2D eigenvalue weighted by atomic mass is 10.1. The number of nitrogens with one attached hydrogen (secondary N) is 2. The minimum absolute atomic E-state index is 0.00472. The van der Waals surface area contributed by atoms with Gasteiger partial charge in [0.05, 0.1) is 11.6 Å². The molecule has 31 heavy (non-hydrogen) atoms. The molecule has 2 aromatic carbocycles. The molecule has 0 aromatic heterocycles. The molecule has 1 atom stereocenters. The Hall–Kier alpha value is -3.33. The van der Waals surface area contributed by atoms with Crippen molar-refractivity contribution in [3.63, 3.8) is 0 Å². The van der Waals surface area contributed by atoms with Crippen molar-refractivity contribution < 1.29 is 23.2 Å². The highest BCUT2D eigenvalue weighted by Gasteiger charge is 2.28. The van der Waals surface area contributed by atoms with Crippen molar-refractivity contribution in [3.05, 3.63) is 65.2 Å². The smallest absolute Gasteiger partial charge is 0.254 e. The molecule has 2 aromatic rings. The Labute approximate surface area is 178 Å². The molecule has 0 aliphatic carbocycles. The van der Waals surface area contributed by atoms with Gasteiger partial charge in [0.1, 0.15) is 11.6 Å². The van der Waals surface area contributed by atoms with Crippen LogP contribution in [0.4, 0.5) is 14.5 Å². The highest BCUT2D eigenvalue weighted by atomic mass is 19.1. The molecule has 9 heteroatoms. The molecule has 0 saturated carbocycles. The van der Waals surface area contributed by atoms with E-state index in [0.717, 1.165) is 37.1 Å². The molecule has 0 radical (unpaired) electrons. The van der Waals surface area contributed by atoms with Crippen molar-refractivity contribution >= 4 is 23.4 Å². The summed E-state index contributed by atoms with van der Waals surface area (Å²) in [5.41, 5.74) is 6.69. The molecule has 164 valence electrons. The number of carbonyl (C=O) groups is 3. The summed E-state index contributed by atoms with van der Waals surface area (Å²) in [5, 5.41) is 5.19. The van der Waals surface area contributed by atoms with Crippen LogP contribution in [0.5, 0.6) is 0 Å². The molecular weight excluding hydrogens is 406 g/mol. The molecular formula is C22H24F2N4O3. The number of amides is 3. The van der Waals surface area contributed by atoms with E-state index in [1.165, 1.54) is 0 Å². The minimum Gasteiger partial charge on any atom is -0.368 e. The number of rotatable bonds is 8. The number of carbonyl (C=O) groups excluding carboxylic acids is 3. The molecule has 1 fully saturated rings. The number of hydrogen-bond acceptors (Lipinski definition) is 4. The van der Waals surface area contributed by atoms with Gasteiger partial charge in [0, 0.05) is 31.3 Å². The van der Waals surface area contributed by atoms with E-state index in [1.807, 2.05) is 17.0 Å². The molecule has 1 saturated heterocycles. The molecule has 0 bridgehead atoms. The number of halogens is 2. The number of benzene rings is 2. The first kappa shape index (κ1) is 22.4. The lowest BCUT2D eigenvalue weighted by molar-refractivity contribution is -0.122. The zero-order valence-corrected chi connectivity index (χ0v) is 16.9. The van der Waals surface area contributed by atoms with E-state index in [9.17, 15) is 23.2 Å². The summed E-state index contributed by atoms with van der Waals surface area (Å²) >= 11 is 0. The van der Waals surface area contributed by atoms with Crippen LogP contribution in [0.2, 0.25) is 0 Å². The highest BCUT2D eigenvalue weighted by molar-refractivity contribution is 5.95. The summed E-state index contributed by atoms with van der Waals surface area (Å²) < 4.78 is 26.5. The zero-order valence-electron chi connectivity index (χ0n) is 16.9. The van der Waals surface area contributed by atoms with Crippen LogP contribution in [-0.4, -0.2) is 41.8 Å². The second-order valence-corrected chi connectivity index (χ2v) is 7.41. The fraction of sp³-hybridized carbons (Fsp3) is 0.318. The first-order valence-corrected chi connectivity index (χ1v) is 9.99. The largest absolute Gasteiger partial charge is 0.368 e. The molecule has 4 N–H and O–H groups in total. The third-order valence-corrected chi connectivity index (χ3v) is 5.10. The van der Waals surface area contributed by atoms with E-state index >= 15 is 0 Å². The molecule has 7 nitrogen and oxygen atoms in total. The predicted octanol–water partition coefficient (Wildman–Crippen LogP) is 2.17. The molecule has 1 unspecified atom stereocenters. The van der Waals surface area contributed by atoms with Gasteiger partial charge in [0.2, 0.25) is 11.8 Å². The van der Waals surface area contributed by atoms with E-state index in [-0.39, 0.29) is 36.4 Å². The van der Waals surface area contributed by atoms with E-state index in [4.69, 9.17) is 5.73 Å². The summed E-state index contributed by atoms with van der Waals surface area (Å²) in [6, 6.07) is 9.67. The van der Waals surface area contributed by atoms with Crippen LogP contribution in [0.25, 0.3) is 0 Å². The van der Waals surface area contributed by atoms with Crippen LogP contribution >= 0.6 is 0 Å². The van der Waals surface area contributed by atoms with E-state index in [1.54, 1.807) is 12.1 Å². The normalized spacial score (nSPS) is 16.1. The average Bonchev–Trinajstić information content (AvgIpc) is 3.16. The predicted molar refractivity (Wildman–Crippen MR) is 111 cm³/mol. The molecule has 1 aliphatic rings. The van der Waals surface area contributed by atoms with Crippen molar-refractivity contribution in [2.75, 3.05) is 18.4 Å². The van der Waals surface area contributed by atoms with Crippen molar-refractivity contribution in [2.24, 2.45) is 5.73 Å². The van der Waals surface area contributed by atoms with Gasteiger partial charge in [-0.05, 0) is 49.2 Å². The summed E-state index contributed by atoms with van der Waals surface area (Å²) in [6.45, 7) is 1.34. The topological polar surface area (TPSA) is 105 Å². The van der Waals surface area contributed by atoms with E-state index in [2.05, 4.69) is 10.6 Å². The van der Waals surface area contributed by atoms with Crippen LogP contribution in [0.3, 0.4) is 0 Å². The standard InChI is InChI=1S/C22H24F2N4O3/c23-15-6-7-17(18(24)12-15)22(31)26-9-8-20(29)27-16-4-1-3-14(11-16)13-28-10-2-5-19(28)21(25)30/h1,3-4,6-7,11-12,19H,2,5,8-10,13H2,(H2,25,30)(H,26,31)(H,27,29). The van der Waals surface area contributed by atoms with Gasteiger partial charge in [-0.1, -0.05) is 12.1 Å². The van der Waals surface area contributed by atoms with Gasteiger partial charge in [-0.15, -0.1) is 0 Å². The molecule has 0 spiro atoms. The van der Waals surface area contributed by atoms with E-state index in [0.29, 0.717) is 18.3 Å². The van der Waals surface area contributed by atoms with Gasteiger partial charge in [0.15, 0.2) is 0 Å². The average molecular weight is 430 g/mol. The SMILES string of the molecule is NC(=O)C1CCCN1Cc1cccc(NC(=O)CCNC(=O)c2ccc(F)cc2F)c1. The third-order valence-electron chi connectivity index (χ3n) is 5.10. The number of anilines is 1. The van der Waals surface area contributed by atoms with Crippen molar-refractivity contribution in [1.82, 2.24) is 10.2 Å². The van der Waals surface area contributed by atoms with Gasteiger partial charge in [-0.3, -0.25) is 19.3 Å². The Morgan fingerprint density at radius 2 is 1.94 bits per heavy atom. The van der Waals surface area contributed by atoms with Crippen molar-refractivity contribution in [2.45, 2.75) is 31.8 Å². The second-order valence-electron chi connectivity index (χ2n) is 7.41. The molecule has 1 heterocycles. The fourth-order valence-corrected chi connectivity index (χ4v) is 3.60. The Bertz CT molecular complexity index is 983. The zero-order chi connectivity index (χ0) is 22.4. The van der Waals surface area contributed by atoms with Gasteiger partial charge < -0.3 is 16.4 Å². The minimum atomic E-state index is -0.963. The highest BCUT2D eigenvalue weighted by Crippen LogP contribution is 2.21. The number of likely N-dealkylation sites (tertiary alicyclic amines) is 1. The number of primary amides is 1. The van der Waals surface area contributed by atoms with Crippen LogP contribution in [-0.2, 0) is 16.1 Å². The summed E-state index contributed by atoms with van der Waals surface area (Å²) in [7, 11) is 0. The fourth-order valence-electron chi connectivity index (χ4n) is 3.60. The number of nitrogens with two attached hydrogens (primary N) is 1. The van der Waals surface area contributed by atoms with Crippen LogP contribution in [0, 0.1) is 11.6 Å². The van der Waals surface area contributed by atoms with Gasteiger partial charge in [-0.25, -0.2) is 8.78 Å². The van der Waals surface area contributed by atoms with Crippen LogP contribution in [0.15, 0.2) is 42.5 Å². The molecule has 3 amide bonds. The molecule has 1 aliphatic heterocycles. The lowest BCUT2D eigenvalue weighted by Gasteiger charge is -2.22. The van der Waals surface area contributed by atoms with Gasteiger partial charge in [0.25, 0.3) is 5.91 Å². The third kappa shape index (κ3) is 6.08. The number of nitrogens with zero attached hydrogens (tertiary/aromatic N) is 1. The van der Waals surface area contributed by atoms with Gasteiger partial charge >= 0.3 is 0 Å². The van der Waals surface area contributed by atoms with Gasteiger partial charge in [-0.2, -0.15) is 0 Å². The van der Waals surface area contributed by atoms with Crippen LogP contribution < -0.4 is 16.4 Å². The quantitative estimate of drug-likeness (QED) is 0.597. The maximum Gasteiger partial charge on any atom is 0.254 e. The Kier molecular flexibility index (Phi) is 7.30. The first-order valence-electron chi connectivity index (χ1n) is 9.99. The summed E-state index contributed by atoms with van der Waals surface area (Å²) in [4.78, 5) is 37.7. The Morgan fingerprint density at radius 1 is 1.13 bits per heavy atom. The Morgan fingerprint density at radius 3 is 2.68 bits per heavy atom. The summed E-state index contributed by atoms with van der Waals surface area (Å²) in [5.74, 6) is -3.11. The van der Waals surface area contributed by atoms with Crippen molar-refractivity contribution in [3.8, 4) is 0 Å². The van der Waals surface area contributed by atoms with Crippen molar-refractivity contribution in [1.29, 1.82) is 0 Å². The van der Waals surface area contributed by atoms with Crippen LogP contribution in [0.1, 0.15) is 35.2 Å². The van der Waals surface area contributed by atoms with E-state index < -0.39 is 17.5 Å². The maximum absolute atomic E-state index is 13.6. The number of hydrogen-bond donors (Lipinski definition) is 3. The Balaban J connectivity index is 1.49. The molecule has 3 rings (SSSR count). The monoisotopic (exact) mass is 430 g/mol. The first-order chi connectivity index (χ1) is 14.8. The second kappa shape index (κ2) is 10.1. The maximum atomic E-state index is 13.6. The summed E-state index contributed by atoms with van der Waals surface area (Å²) in [6.07, 6.45) is 1.64.